The van der Waals surface area contributed by atoms with Crippen LogP contribution in [-0.2, 0) is 6.42 Å². The molecule has 1 aliphatic heterocycles. The number of para-hydroxylation sites is 1. The summed E-state index contributed by atoms with van der Waals surface area (Å²) >= 11 is 0. The first kappa shape index (κ1) is 16.8. The minimum Gasteiger partial charge on any atom is -0.321 e. The number of H-pyrrole nitrogens is 1. The van der Waals surface area contributed by atoms with Crippen LogP contribution in [0.5, 0.6) is 0 Å². The summed E-state index contributed by atoms with van der Waals surface area (Å²) < 4.78 is 0. The third-order valence-corrected chi connectivity index (χ3v) is 4.51. The van der Waals surface area contributed by atoms with Crippen LogP contribution in [0.1, 0.15) is 26.4 Å². The van der Waals surface area contributed by atoms with Gasteiger partial charge in [0.05, 0.1) is 0 Å². The highest BCUT2D eigenvalue weighted by Crippen LogP contribution is 2.29. The predicted molar refractivity (Wildman–Crippen MR) is 103 cm³/mol. The molecule has 0 aliphatic carbocycles. The van der Waals surface area contributed by atoms with Gasteiger partial charge in [-0.05, 0) is 42.3 Å². The van der Waals surface area contributed by atoms with Gasteiger partial charge in [-0.15, -0.1) is 0 Å². The van der Waals surface area contributed by atoms with E-state index in [0.717, 1.165) is 17.7 Å². The SMILES string of the molecule is O=C(Nc1cccc(C(=O)N2CCc3ccccc32)c1)c1cccc(=O)[nH]1. The third kappa shape index (κ3) is 3.37. The molecule has 0 atom stereocenters. The molecule has 0 radical (unpaired) electrons. The second-order valence-electron chi connectivity index (χ2n) is 6.30. The molecule has 1 aliphatic rings. The van der Waals surface area contributed by atoms with Crippen molar-refractivity contribution in [1.29, 1.82) is 0 Å². The summed E-state index contributed by atoms with van der Waals surface area (Å²) in [7, 11) is 0. The van der Waals surface area contributed by atoms with E-state index in [1.54, 1.807) is 29.2 Å². The molecule has 2 amide bonds. The fraction of sp³-hybridized carbons (Fsp3) is 0.0952. The smallest absolute Gasteiger partial charge is 0.272 e. The predicted octanol–water partition coefficient (Wildman–Crippen LogP) is 2.83. The van der Waals surface area contributed by atoms with Gasteiger partial charge in [-0.3, -0.25) is 14.4 Å². The van der Waals surface area contributed by atoms with Crippen molar-refractivity contribution in [1.82, 2.24) is 4.98 Å². The third-order valence-electron chi connectivity index (χ3n) is 4.51. The second-order valence-corrected chi connectivity index (χ2v) is 6.30. The van der Waals surface area contributed by atoms with Crippen LogP contribution in [0.4, 0.5) is 11.4 Å². The minimum absolute atomic E-state index is 0.107. The van der Waals surface area contributed by atoms with E-state index in [-0.39, 0.29) is 17.2 Å². The molecule has 0 fully saturated rings. The van der Waals surface area contributed by atoms with Gasteiger partial charge in [-0.2, -0.15) is 0 Å². The Morgan fingerprint density at radius 2 is 1.78 bits per heavy atom. The molecule has 0 saturated heterocycles. The monoisotopic (exact) mass is 359 g/mol. The Labute approximate surface area is 155 Å². The Kier molecular flexibility index (Phi) is 4.30. The highest BCUT2D eigenvalue weighted by Gasteiger charge is 2.25. The fourth-order valence-corrected chi connectivity index (χ4v) is 3.21. The second kappa shape index (κ2) is 6.92. The van der Waals surface area contributed by atoms with Gasteiger partial charge in [0.15, 0.2) is 0 Å². The topological polar surface area (TPSA) is 82.3 Å². The lowest BCUT2D eigenvalue weighted by atomic mass is 10.1. The average molecular weight is 359 g/mol. The van der Waals surface area contributed by atoms with E-state index >= 15 is 0 Å². The summed E-state index contributed by atoms with van der Waals surface area (Å²) in [6.45, 7) is 0.639. The first-order valence-corrected chi connectivity index (χ1v) is 8.62. The number of hydrogen-bond acceptors (Lipinski definition) is 3. The largest absolute Gasteiger partial charge is 0.321 e. The summed E-state index contributed by atoms with van der Waals surface area (Å²) in [6, 6.07) is 19.0. The van der Waals surface area contributed by atoms with E-state index in [1.165, 1.54) is 18.2 Å². The quantitative estimate of drug-likeness (QED) is 0.754. The van der Waals surface area contributed by atoms with Crippen LogP contribution in [0.2, 0.25) is 0 Å². The Morgan fingerprint density at radius 1 is 0.963 bits per heavy atom. The maximum absolute atomic E-state index is 12.9. The molecule has 0 spiro atoms. The molecule has 0 bridgehead atoms. The zero-order valence-electron chi connectivity index (χ0n) is 14.4. The zero-order valence-corrected chi connectivity index (χ0v) is 14.4. The number of nitrogens with one attached hydrogen (secondary N) is 2. The van der Waals surface area contributed by atoms with Gasteiger partial charge >= 0.3 is 0 Å². The van der Waals surface area contributed by atoms with E-state index in [2.05, 4.69) is 10.3 Å². The molecule has 0 unspecified atom stereocenters. The van der Waals surface area contributed by atoms with Crippen molar-refractivity contribution in [3.05, 3.63) is 93.9 Å². The first-order valence-electron chi connectivity index (χ1n) is 8.62. The van der Waals surface area contributed by atoms with Gasteiger partial charge in [0.25, 0.3) is 11.8 Å². The average Bonchev–Trinajstić information content (AvgIpc) is 3.12. The normalized spacial score (nSPS) is 12.5. The summed E-state index contributed by atoms with van der Waals surface area (Å²) in [5.74, 6) is -0.548. The van der Waals surface area contributed by atoms with Crippen LogP contribution in [0, 0.1) is 0 Å². The highest BCUT2D eigenvalue weighted by atomic mass is 16.2. The van der Waals surface area contributed by atoms with Crippen LogP contribution in [-0.4, -0.2) is 23.3 Å². The van der Waals surface area contributed by atoms with E-state index in [4.69, 9.17) is 0 Å². The molecule has 1 aromatic heterocycles. The zero-order chi connectivity index (χ0) is 18.8. The number of anilines is 2. The number of aromatic nitrogens is 1. The molecule has 0 saturated carbocycles. The molecule has 6 nitrogen and oxygen atoms in total. The van der Waals surface area contributed by atoms with Gasteiger partial charge in [0.1, 0.15) is 5.69 Å². The molecule has 2 aromatic carbocycles. The first-order chi connectivity index (χ1) is 13.1. The Bertz CT molecular complexity index is 1090. The van der Waals surface area contributed by atoms with E-state index in [9.17, 15) is 14.4 Å². The molecular formula is C21H17N3O3. The van der Waals surface area contributed by atoms with Gasteiger partial charge in [0.2, 0.25) is 5.56 Å². The Morgan fingerprint density at radius 3 is 2.63 bits per heavy atom. The molecular weight excluding hydrogens is 342 g/mol. The van der Waals surface area contributed by atoms with Crippen molar-refractivity contribution in [3.63, 3.8) is 0 Å². The van der Waals surface area contributed by atoms with Crippen LogP contribution >= 0.6 is 0 Å². The molecule has 6 heteroatoms. The van der Waals surface area contributed by atoms with Crippen LogP contribution in [0.15, 0.2) is 71.5 Å². The molecule has 27 heavy (non-hydrogen) atoms. The number of hydrogen-bond donors (Lipinski definition) is 2. The molecule has 2 heterocycles. The van der Waals surface area contributed by atoms with Gasteiger partial charge < -0.3 is 15.2 Å². The maximum atomic E-state index is 12.9. The summed E-state index contributed by atoms with van der Waals surface area (Å²) in [5, 5.41) is 2.71. The number of aromatic amines is 1. The lowest BCUT2D eigenvalue weighted by molar-refractivity contribution is 0.0986. The van der Waals surface area contributed by atoms with Gasteiger partial charge in [-0.25, -0.2) is 0 Å². The fourth-order valence-electron chi connectivity index (χ4n) is 3.21. The van der Waals surface area contributed by atoms with E-state index < -0.39 is 5.91 Å². The van der Waals surface area contributed by atoms with Crippen LogP contribution < -0.4 is 15.8 Å². The molecule has 134 valence electrons. The van der Waals surface area contributed by atoms with Crippen molar-refractivity contribution in [3.8, 4) is 0 Å². The number of nitrogens with zero attached hydrogens (tertiary/aromatic N) is 1. The molecule has 3 aromatic rings. The standard InChI is InChI=1S/C21H17N3O3/c25-19-10-4-8-17(23-19)20(26)22-16-7-3-6-15(13-16)21(27)24-12-11-14-5-1-2-9-18(14)24/h1-10,13H,11-12H2,(H,22,26)(H,23,25). The van der Waals surface area contributed by atoms with Crippen molar-refractivity contribution in [2.75, 3.05) is 16.8 Å². The number of fused-ring (bicyclic) bond motifs is 1. The Balaban J connectivity index is 1.55. The number of carbonyl (C=O) groups is 2. The number of pyridine rings is 1. The summed E-state index contributed by atoms with van der Waals surface area (Å²) in [5.41, 5.74) is 2.88. The highest BCUT2D eigenvalue weighted by molar-refractivity contribution is 6.09. The van der Waals surface area contributed by atoms with Crippen LogP contribution in [0.3, 0.4) is 0 Å². The lowest BCUT2D eigenvalue weighted by Crippen LogP contribution is -2.29. The lowest BCUT2D eigenvalue weighted by Gasteiger charge is -2.18. The number of carbonyl (C=O) groups excluding carboxylic acids is 2. The minimum atomic E-state index is -0.441. The number of rotatable bonds is 3. The van der Waals surface area contributed by atoms with Gasteiger partial charge in [0, 0.05) is 29.5 Å². The van der Waals surface area contributed by atoms with E-state index in [0.29, 0.717) is 17.8 Å². The Hall–Kier alpha value is -3.67. The number of amides is 2. The van der Waals surface area contributed by atoms with Crippen molar-refractivity contribution in [2.24, 2.45) is 0 Å². The van der Waals surface area contributed by atoms with Crippen molar-refractivity contribution < 1.29 is 9.59 Å². The van der Waals surface area contributed by atoms with Crippen LogP contribution in [0.25, 0.3) is 0 Å². The summed E-state index contributed by atoms with van der Waals surface area (Å²) in [4.78, 5) is 40.8. The molecule has 2 N–H and O–H groups in total. The maximum Gasteiger partial charge on any atom is 0.272 e. The summed E-state index contributed by atoms with van der Waals surface area (Å²) in [6.07, 6.45) is 0.833. The number of benzene rings is 2. The van der Waals surface area contributed by atoms with Crippen molar-refractivity contribution in [2.45, 2.75) is 6.42 Å². The van der Waals surface area contributed by atoms with Crippen molar-refractivity contribution >= 4 is 23.2 Å². The molecule has 4 rings (SSSR count). The van der Waals surface area contributed by atoms with Gasteiger partial charge in [-0.1, -0.05) is 30.3 Å². The van der Waals surface area contributed by atoms with E-state index in [1.807, 2.05) is 24.3 Å².